The Kier molecular flexibility index (Phi) is 11.5. The second-order valence-electron chi connectivity index (χ2n) is 14.8. The van der Waals surface area contributed by atoms with E-state index in [2.05, 4.69) is 51.0 Å². The van der Waals surface area contributed by atoms with E-state index in [9.17, 15) is 9.00 Å². The van der Waals surface area contributed by atoms with Gasteiger partial charge in [0, 0.05) is 36.2 Å². The van der Waals surface area contributed by atoms with Crippen LogP contribution in [0.15, 0.2) is 77.2 Å². The molecule has 0 radical (unpaired) electrons. The van der Waals surface area contributed by atoms with Gasteiger partial charge in [-0.15, -0.1) is 0 Å². The highest BCUT2D eigenvalue weighted by Crippen LogP contribution is 2.47. The number of methoxy groups -OCH3 is 2. The Bertz CT molecular complexity index is 1860. The number of rotatable bonds is 4. The van der Waals surface area contributed by atoms with Gasteiger partial charge in [0.15, 0.2) is 0 Å². The van der Waals surface area contributed by atoms with Crippen LogP contribution >= 0.6 is 11.6 Å². The third-order valence-corrected chi connectivity index (χ3v) is 13.1. The smallest absolute Gasteiger partial charge is 0.249 e. The molecule has 1 fully saturated rings. The zero-order valence-corrected chi connectivity index (χ0v) is 31.8. The molecule has 1 spiro atoms. The summed E-state index contributed by atoms with van der Waals surface area (Å²) in [5.41, 5.74) is 5.05. The minimum Gasteiger partial charge on any atom is -0.497 e. The number of benzene rings is 3. The van der Waals surface area contributed by atoms with Crippen molar-refractivity contribution < 1.29 is 28.0 Å². The molecule has 3 aromatic rings. The highest BCUT2D eigenvalue weighted by molar-refractivity contribution is 7.75. The van der Waals surface area contributed by atoms with E-state index in [1.54, 1.807) is 38.5 Å². The van der Waals surface area contributed by atoms with Crippen LogP contribution in [0, 0.1) is 17.8 Å². The molecule has 2 aliphatic carbocycles. The molecule has 7 rings (SSSR count). The maximum atomic E-state index is 13.7. The van der Waals surface area contributed by atoms with E-state index in [1.165, 1.54) is 11.1 Å². The van der Waals surface area contributed by atoms with E-state index in [4.69, 9.17) is 30.5 Å². The molecule has 0 saturated heterocycles. The Morgan fingerprint density at radius 1 is 1.10 bits per heavy atom. The molecule has 1 unspecified atom stereocenters. The molecule has 2 heterocycles. The molecule has 1 N–H and O–H groups in total. The maximum absolute atomic E-state index is 13.7. The van der Waals surface area contributed by atoms with Gasteiger partial charge >= 0.3 is 0 Å². The first-order valence-corrected chi connectivity index (χ1v) is 19.9. The van der Waals surface area contributed by atoms with Crippen molar-refractivity contribution in [2.45, 2.75) is 68.9 Å². The van der Waals surface area contributed by atoms with E-state index in [1.807, 2.05) is 19.1 Å². The summed E-state index contributed by atoms with van der Waals surface area (Å²) in [6.45, 7) is 4.57. The van der Waals surface area contributed by atoms with Crippen molar-refractivity contribution in [3.63, 3.8) is 0 Å². The summed E-state index contributed by atoms with van der Waals surface area (Å²) in [7, 11) is 1.62. The van der Waals surface area contributed by atoms with E-state index in [0.29, 0.717) is 42.8 Å². The van der Waals surface area contributed by atoms with Gasteiger partial charge in [-0.05, 0) is 127 Å². The van der Waals surface area contributed by atoms with Crippen LogP contribution in [0.1, 0.15) is 66.1 Å². The number of carbonyl (C=O) groups excluding carboxylic acids is 1. The topological polar surface area (TPSA) is 98.7 Å². The molecular formula is C41H49ClN3O6S-. The molecule has 1 saturated carbocycles. The number of nitrogens with zero attached hydrogens (tertiary/aromatic N) is 2. The Morgan fingerprint density at radius 2 is 1.94 bits per heavy atom. The van der Waals surface area contributed by atoms with Crippen LogP contribution in [-0.2, 0) is 42.7 Å². The quantitative estimate of drug-likeness (QED) is 0.215. The lowest BCUT2D eigenvalue weighted by molar-refractivity contribution is 0.0131. The second-order valence-corrected chi connectivity index (χ2v) is 16.5. The van der Waals surface area contributed by atoms with Gasteiger partial charge < -0.3 is 37.7 Å². The predicted molar refractivity (Wildman–Crippen MR) is 205 cm³/mol. The molecule has 278 valence electrons. The van der Waals surface area contributed by atoms with Crippen LogP contribution in [-0.4, -0.2) is 58.0 Å². The fourth-order valence-corrected chi connectivity index (χ4v) is 9.66. The Balaban J connectivity index is 1.18. The number of halogens is 1. The van der Waals surface area contributed by atoms with Crippen LogP contribution in [0.3, 0.4) is 0 Å². The molecule has 0 aromatic heterocycles. The van der Waals surface area contributed by atoms with Gasteiger partial charge in [0.2, 0.25) is 5.91 Å². The molecule has 2 bridgehead atoms. The van der Waals surface area contributed by atoms with E-state index >= 15 is 0 Å². The molecule has 2 aliphatic heterocycles. The number of hydrogen-bond acceptors (Lipinski definition) is 9. The molecule has 11 heteroatoms. The first kappa shape index (κ1) is 36.8. The number of aryl methyl sites for hydroxylation is 1. The van der Waals surface area contributed by atoms with Crippen molar-refractivity contribution in [2.75, 3.05) is 45.5 Å². The van der Waals surface area contributed by atoms with Crippen LogP contribution in [0.25, 0.3) is 0 Å². The van der Waals surface area contributed by atoms with E-state index in [0.717, 1.165) is 67.2 Å². The number of nitrogens with one attached hydrogen (secondary N) is 1. The van der Waals surface area contributed by atoms with Crippen LogP contribution < -0.4 is 19.7 Å². The van der Waals surface area contributed by atoms with Gasteiger partial charge in [-0.3, -0.25) is 4.79 Å². The zero-order chi connectivity index (χ0) is 36.2. The summed E-state index contributed by atoms with van der Waals surface area (Å²) < 4.78 is 42.1. The monoisotopic (exact) mass is 746 g/mol. The average molecular weight is 747 g/mol. The van der Waals surface area contributed by atoms with E-state index < -0.39 is 16.0 Å². The molecule has 3 aromatic carbocycles. The molecule has 52 heavy (non-hydrogen) atoms. The van der Waals surface area contributed by atoms with Gasteiger partial charge in [0.05, 0.1) is 32.1 Å². The van der Waals surface area contributed by atoms with Crippen molar-refractivity contribution in [3.05, 3.63) is 100 Å². The first-order valence-electron chi connectivity index (χ1n) is 18.4. The summed E-state index contributed by atoms with van der Waals surface area (Å²) >= 11 is 6.47. The van der Waals surface area contributed by atoms with Crippen LogP contribution in [0.4, 0.5) is 5.69 Å². The molecular weight excluding hydrogens is 698 g/mol. The molecule has 6 atom stereocenters. The lowest BCUT2D eigenvalue weighted by atomic mass is 9.68. The van der Waals surface area contributed by atoms with E-state index in [-0.39, 0.29) is 30.1 Å². The Labute approximate surface area is 314 Å². The van der Waals surface area contributed by atoms with Crippen LogP contribution in [0.2, 0.25) is 5.02 Å². The van der Waals surface area contributed by atoms with Crippen molar-refractivity contribution in [1.82, 2.24) is 5.32 Å². The molecule has 4 aliphatic rings. The van der Waals surface area contributed by atoms with Crippen molar-refractivity contribution in [2.24, 2.45) is 22.1 Å². The third-order valence-electron chi connectivity index (χ3n) is 11.5. The fourth-order valence-electron chi connectivity index (χ4n) is 8.41. The maximum Gasteiger partial charge on any atom is 0.249 e. The summed E-state index contributed by atoms with van der Waals surface area (Å²) in [5, 5.41) is 3.06. The van der Waals surface area contributed by atoms with Crippen molar-refractivity contribution in [1.29, 1.82) is 0 Å². The van der Waals surface area contributed by atoms with Gasteiger partial charge in [-0.1, -0.05) is 42.8 Å². The highest BCUT2D eigenvalue weighted by Gasteiger charge is 2.44. The molecule has 9 nitrogen and oxygen atoms in total. The number of carbonyl (C=O) groups is 1. The minimum atomic E-state index is -1.75. The fraction of sp³-hybridized carbons (Fsp3) is 0.488. The van der Waals surface area contributed by atoms with Crippen molar-refractivity contribution in [3.8, 4) is 11.5 Å². The lowest BCUT2D eigenvalue weighted by Gasteiger charge is -2.46. The third kappa shape index (κ3) is 7.86. The lowest BCUT2D eigenvalue weighted by Crippen LogP contribution is -2.49. The second kappa shape index (κ2) is 16.2. The SMILES string of the molecule is COc1ccc(C(=O)NC2[C@@H](C)C/C=C/[C@H](OC)[C@@H]3CC[C@H]3CN3C[C@@]4(CCCc5cc(Cl)ccc54)COc4ccc(cc43)COC/N=[S-]\2=O)cc1. The molecule has 1 amide bonds. The van der Waals surface area contributed by atoms with Gasteiger partial charge in [-0.2, -0.15) is 10.6 Å². The standard InChI is InChI=1S/C41H49ClN3O6S/c1-27-6-4-8-37(49-3)34-16-12-31(34)22-45-24-41(19-5-7-30-21-32(42)13-17-35(30)41)25-51-38-18-9-28(20-36(38)45)23-50-26-43-52(47)40(27)44-39(46)29-10-14-33(48-2)15-11-29/h4,8-11,13-15,17-18,20-21,27,31,34,37,40H,5-7,12,16,19,22-26H2,1-3H3,(H,44,46)/q-1/b8-4+/t27-,31-,34+,37-,40?,41-/m0/s1. The van der Waals surface area contributed by atoms with Crippen LogP contribution in [0.5, 0.6) is 11.5 Å². The Hall–Kier alpha value is -3.57. The number of allylic oxidation sites excluding steroid dienone is 1. The normalized spacial score (nSPS) is 30.0. The number of hydrogen-bond donors (Lipinski definition) is 1. The average Bonchev–Trinajstić information content (AvgIpc) is 3.29. The summed E-state index contributed by atoms with van der Waals surface area (Å²) in [5.74, 6) is 1.84. The van der Waals surface area contributed by atoms with Gasteiger partial charge in [0.25, 0.3) is 0 Å². The number of anilines is 1. The number of fused-ring (bicyclic) bond motifs is 4. The Morgan fingerprint density at radius 3 is 2.71 bits per heavy atom. The summed E-state index contributed by atoms with van der Waals surface area (Å²) in [6, 6.07) is 19.5. The van der Waals surface area contributed by atoms with Gasteiger partial charge in [-0.25, -0.2) is 0 Å². The van der Waals surface area contributed by atoms with Crippen molar-refractivity contribution >= 4 is 33.8 Å². The number of amides is 1. The summed E-state index contributed by atoms with van der Waals surface area (Å²) in [4.78, 5) is 15.8. The predicted octanol–water partition coefficient (Wildman–Crippen LogP) is 7.84. The first-order chi connectivity index (χ1) is 25.3. The minimum absolute atomic E-state index is 0.0544. The van der Waals surface area contributed by atoms with Gasteiger partial charge in [0.1, 0.15) is 18.2 Å². The largest absolute Gasteiger partial charge is 0.497 e. The summed E-state index contributed by atoms with van der Waals surface area (Å²) in [6.07, 6.45) is 10.2. The number of ether oxygens (including phenoxy) is 4. The highest BCUT2D eigenvalue weighted by atomic mass is 35.5. The zero-order valence-electron chi connectivity index (χ0n) is 30.2.